The number of ether oxygens (including phenoxy) is 1. The maximum absolute atomic E-state index is 10.5. The van der Waals surface area contributed by atoms with E-state index in [1.54, 1.807) is 18.2 Å². The molecule has 6 heteroatoms. The highest BCUT2D eigenvalue weighted by Crippen LogP contribution is 2.28. The standard InChI is InChI=1S/C13H15Cl2NO3/c14-11-2-1-9(7-12(11)15)19-10-3-5-16(8-10)6-4-13(17)18/h1-2,7,10H,3-6,8H2,(H,17,18)/t10-/m0/s1. The van der Waals surface area contributed by atoms with Crippen molar-refractivity contribution in [2.75, 3.05) is 19.6 Å². The van der Waals surface area contributed by atoms with Crippen molar-refractivity contribution in [2.24, 2.45) is 0 Å². The van der Waals surface area contributed by atoms with Crippen LogP contribution in [0.15, 0.2) is 18.2 Å². The van der Waals surface area contributed by atoms with Crippen molar-refractivity contribution in [2.45, 2.75) is 18.9 Å². The zero-order chi connectivity index (χ0) is 13.8. The molecular formula is C13H15Cl2NO3. The Bertz CT molecular complexity index is 467. The summed E-state index contributed by atoms with van der Waals surface area (Å²) in [4.78, 5) is 12.6. The molecule has 1 aromatic rings. The summed E-state index contributed by atoms with van der Waals surface area (Å²) < 4.78 is 5.82. The smallest absolute Gasteiger partial charge is 0.304 e. The first-order valence-electron chi connectivity index (χ1n) is 6.10. The number of hydrogen-bond donors (Lipinski definition) is 1. The Kier molecular flexibility index (Phi) is 4.91. The van der Waals surface area contributed by atoms with Crippen molar-refractivity contribution in [3.63, 3.8) is 0 Å². The Morgan fingerprint density at radius 1 is 1.42 bits per heavy atom. The molecule has 104 valence electrons. The minimum Gasteiger partial charge on any atom is -0.489 e. The molecule has 1 saturated heterocycles. The second kappa shape index (κ2) is 6.46. The van der Waals surface area contributed by atoms with Crippen LogP contribution in [-0.4, -0.2) is 41.7 Å². The van der Waals surface area contributed by atoms with Crippen LogP contribution in [0.3, 0.4) is 0 Å². The summed E-state index contributed by atoms with van der Waals surface area (Å²) in [5.74, 6) is -0.0756. The van der Waals surface area contributed by atoms with E-state index in [9.17, 15) is 4.79 Å². The van der Waals surface area contributed by atoms with Crippen LogP contribution < -0.4 is 4.74 Å². The van der Waals surface area contributed by atoms with E-state index in [-0.39, 0.29) is 12.5 Å². The van der Waals surface area contributed by atoms with Gasteiger partial charge in [0, 0.05) is 25.7 Å². The third kappa shape index (κ3) is 4.27. The van der Waals surface area contributed by atoms with Gasteiger partial charge in [0.05, 0.1) is 16.5 Å². The van der Waals surface area contributed by atoms with Crippen molar-refractivity contribution < 1.29 is 14.6 Å². The highest BCUT2D eigenvalue weighted by atomic mass is 35.5. The van der Waals surface area contributed by atoms with E-state index in [4.69, 9.17) is 33.0 Å². The Balaban J connectivity index is 1.84. The lowest BCUT2D eigenvalue weighted by Crippen LogP contribution is -2.27. The Morgan fingerprint density at radius 3 is 2.89 bits per heavy atom. The molecule has 0 amide bonds. The predicted octanol–water partition coefficient (Wildman–Crippen LogP) is 2.92. The van der Waals surface area contributed by atoms with Crippen LogP contribution in [0, 0.1) is 0 Å². The van der Waals surface area contributed by atoms with E-state index in [1.165, 1.54) is 0 Å². The maximum Gasteiger partial charge on any atom is 0.304 e. The Labute approximate surface area is 121 Å². The zero-order valence-electron chi connectivity index (χ0n) is 10.3. The average molecular weight is 304 g/mol. The topological polar surface area (TPSA) is 49.8 Å². The molecule has 4 nitrogen and oxygen atoms in total. The number of rotatable bonds is 5. The lowest BCUT2D eigenvalue weighted by Gasteiger charge is -2.16. The normalized spacial score (nSPS) is 19.6. The van der Waals surface area contributed by atoms with Gasteiger partial charge in [0.25, 0.3) is 0 Å². The Hall–Kier alpha value is -0.970. The fourth-order valence-corrected chi connectivity index (χ4v) is 2.38. The summed E-state index contributed by atoms with van der Waals surface area (Å²) in [5.41, 5.74) is 0. The minimum absolute atomic E-state index is 0.0750. The van der Waals surface area contributed by atoms with Gasteiger partial charge in [-0.1, -0.05) is 23.2 Å². The van der Waals surface area contributed by atoms with Crippen LogP contribution in [-0.2, 0) is 4.79 Å². The first-order valence-corrected chi connectivity index (χ1v) is 6.86. The second-order valence-corrected chi connectivity index (χ2v) is 5.36. The van der Waals surface area contributed by atoms with E-state index in [1.807, 2.05) is 0 Å². The molecule has 1 atom stereocenters. The van der Waals surface area contributed by atoms with Crippen LogP contribution in [0.5, 0.6) is 5.75 Å². The van der Waals surface area contributed by atoms with Crippen LogP contribution in [0.4, 0.5) is 0 Å². The minimum atomic E-state index is -0.770. The molecule has 0 aliphatic carbocycles. The van der Waals surface area contributed by atoms with Crippen molar-refractivity contribution in [3.8, 4) is 5.75 Å². The summed E-state index contributed by atoms with van der Waals surface area (Å²) in [6, 6.07) is 5.19. The van der Waals surface area contributed by atoms with Gasteiger partial charge < -0.3 is 9.84 Å². The van der Waals surface area contributed by atoms with E-state index >= 15 is 0 Å². The summed E-state index contributed by atoms with van der Waals surface area (Å²) in [6.07, 6.45) is 1.13. The molecule has 19 heavy (non-hydrogen) atoms. The molecule has 1 N–H and O–H groups in total. The fourth-order valence-electron chi connectivity index (χ4n) is 2.09. The number of carboxylic acid groups (broad SMARTS) is 1. The third-order valence-corrected chi connectivity index (χ3v) is 3.80. The molecule has 2 rings (SSSR count). The van der Waals surface area contributed by atoms with Crippen molar-refractivity contribution in [1.29, 1.82) is 0 Å². The largest absolute Gasteiger partial charge is 0.489 e. The number of carboxylic acids is 1. The molecule has 1 aliphatic rings. The molecule has 1 aromatic carbocycles. The van der Waals surface area contributed by atoms with Gasteiger partial charge in [-0.3, -0.25) is 9.69 Å². The molecule has 0 unspecified atom stereocenters. The van der Waals surface area contributed by atoms with Gasteiger partial charge in [0.2, 0.25) is 0 Å². The van der Waals surface area contributed by atoms with E-state index < -0.39 is 5.97 Å². The first-order chi connectivity index (χ1) is 9.04. The van der Waals surface area contributed by atoms with E-state index in [0.717, 1.165) is 19.5 Å². The number of benzene rings is 1. The maximum atomic E-state index is 10.5. The molecular weight excluding hydrogens is 289 g/mol. The van der Waals surface area contributed by atoms with Gasteiger partial charge in [-0.2, -0.15) is 0 Å². The van der Waals surface area contributed by atoms with Crippen LogP contribution >= 0.6 is 23.2 Å². The SMILES string of the molecule is O=C(O)CCN1CC[C@H](Oc2ccc(Cl)c(Cl)c2)C1. The number of aliphatic carboxylic acids is 1. The lowest BCUT2D eigenvalue weighted by atomic mass is 10.3. The summed E-state index contributed by atoms with van der Waals surface area (Å²) >= 11 is 11.8. The molecule has 1 aliphatic heterocycles. The van der Waals surface area contributed by atoms with Crippen LogP contribution in [0.2, 0.25) is 10.0 Å². The Morgan fingerprint density at radius 2 is 2.21 bits per heavy atom. The lowest BCUT2D eigenvalue weighted by molar-refractivity contribution is -0.137. The summed E-state index contributed by atoms with van der Waals surface area (Å²) in [5, 5.41) is 9.62. The predicted molar refractivity (Wildman–Crippen MR) is 74.2 cm³/mol. The molecule has 0 aromatic heterocycles. The van der Waals surface area contributed by atoms with Gasteiger partial charge in [-0.15, -0.1) is 0 Å². The van der Waals surface area contributed by atoms with Crippen molar-refractivity contribution in [1.82, 2.24) is 4.90 Å². The van der Waals surface area contributed by atoms with E-state index in [2.05, 4.69) is 4.90 Å². The highest BCUT2D eigenvalue weighted by Gasteiger charge is 2.24. The molecule has 0 radical (unpaired) electrons. The molecule has 0 bridgehead atoms. The van der Waals surface area contributed by atoms with Crippen LogP contribution in [0.1, 0.15) is 12.8 Å². The van der Waals surface area contributed by atoms with Gasteiger partial charge >= 0.3 is 5.97 Å². The van der Waals surface area contributed by atoms with Crippen LogP contribution in [0.25, 0.3) is 0 Å². The quantitative estimate of drug-likeness (QED) is 0.908. The third-order valence-electron chi connectivity index (χ3n) is 3.06. The van der Waals surface area contributed by atoms with Gasteiger partial charge in [-0.25, -0.2) is 0 Å². The number of nitrogens with zero attached hydrogens (tertiary/aromatic N) is 1. The number of halogens is 2. The van der Waals surface area contributed by atoms with E-state index in [0.29, 0.717) is 22.3 Å². The van der Waals surface area contributed by atoms with Crippen molar-refractivity contribution in [3.05, 3.63) is 28.2 Å². The first kappa shape index (κ1) is 14.4. The molecule has 1 fully saturated rings. The van der Waals surface area contributed by atoms with Gasteiger partial charge in [0.15, 0.2) is 0 Å². The fraction of sp³-hybridized carbons (Fsp3) is 0.462. The molecule has 0 spiro atoms. The highest BCUT2D eigenvalue weighted by molar-refractivity contribution is 6.42. The number of carbonyl (C=O) groups is 1. The number of likely N-dealkylation sites (tertiary alicyclic amines) is 1. The number of hydrogen-bond acceptors (Lipinski definition) is 3. The molecule has 1 heterocycles. The second-order valence-electron chi connectivity index (χ2n) is 4.55. The van der Waals surface area contributed by atoms with Gasteiger partial charge in [0.1, 0.15) is 11.9 Å². The zero-order valence-corrected chi connectivity index (χ0v) is 11.8. The molecule has 0 saturated carbocycles. The average Bonchev–Trinajstić information content (AvgIpc) is 2.79. The van der Waals surface area contributed by atoms with Crippen molar-refractivity contribution >= 4 is 29.2 Å². The summed E-state index contributed by atoms with van der Waals surface area (Å²) in [7, 11) is 0. The summed E-state index contributed by atoms with van der Waals surface area (Å²) in [6.45, 7) is 2.17. The van der Waals surface area contributed by atoms with Gasteiger partial charge in [-0.05, 0) is 18.6 Å². The monoisotopic (exact) mass is 303 g/mol.